The minimum atomic E-state index is -0.318. The molecule has 0 spiro atoms. The normalized spacial score (nSPS) is 10.3. The number of hydrazine groups is 1. The van der Waals surface area contributed by atoms with Crippen molar-refractivity contribution in [3.05, 3.63) is 30.3 Å². The number of amides is 2. The summed E-state index contributed by atoms with van der Waals surface area (Å²) >= 11 is 1.27. The van der Waals surface area contributed by atoms with Crippen LogP contribution >= 0.6 is 11.8 Å². The van der Waals surface area contributed by atoms with Crippen molar-refractivity contribution in [1.82, 2.24) is 25.6 Å². The lowest BCUT2D eigenvalue weighted by atomic mass is 10.2. The van der Waals surface area contributed by atoms with Crippen LogP contribution in [-0.2, 0) is 16.1 Å². The molecule has 1 aromatic carbocycles. The van der Waals surface area contributed by atoms with Crippen LogP contribution in [0.2, 0.25) is 0 Å². The van der Waals surface area contributed by atoms with Gasteiger partial charge >= 0.3 is 0 Å². The molecule has 116 valence electrons. The lowest BCUT2D eigenvalue weighted by molar-refractivity contribution is -0.126. The fourth-order valence-corrected chi connectivity index (χ4v) is 2.61. The Morgan fingerprint density at radius 3 is 2.55 bits per heavy atom. The van der Waals surface area contributed by atoms with Gasteiger partial charge in [-0.2, -0.15) is 0 Å². The summed E-state index contributed by atoms with van der Waals surface area (Å²) < 4.78 is 1.95. The standard InChI is InChI=1S/C14H17N5O2S/c1-3-19-13(11-7-5-4-6-8-11)17-18-14(19)22-9-12(21)16-15-10(2)20/h4-8H,3,9H2,1-2H3,(H,15,20)(H,16,21). The number of rotatable bonds is 5. The van der Waals surface area contributed by atoms with Gasteiger partial charge in [-0.3, -0.25) is 20.4 Å². The topological polar surface area (TPSA) is 88.9 Å². The van der Waals surface area contributed by atoms with Gasteiger partial charge in [0.1, 0.15) is 0 Å². The highest BCUT2D eigenvalue weighted by atomic mass is 32.2. The Bertz CT molecular complexity index is 657. The summed E-state index contributed by atoms with van der Waals surface area (Å²) in [5.74, 6) is 0.300. The van der Waals surface area contributed by atoms with Gasteiger partial charge in [0.25, 0.3) is 0 Å². The summed E-state index contributed by atoms with van der Waals surface area (Å²) in [7, 11) is 0. The number of nitrogens with one attached hydrogen (secondary N) is 2. The molecule has 0 unspecified atom stereocenters. The summed E-state index contributed by atoms with van der Waals surface area (Å²) in [5, 5.41) is 9.01. The molecule has 0 saturated carbocycles. The molecular weight excluding hydrogens is 302 g/mol. The van der Waals surface area contributed by atoms with E-state index in [1.807, 2.05) is 41.8 Å². The maximum atomic E-state index is 11.6. The zero-order chi connectivity index (χ0) is 15.9. The fourth-order valence-electron chi connectivity index (χ4n) is 1.81. The predicted octanol–water partition coefficient (Wildman–Crippen LogP) is 1.22. The first-order valence-electron chi connectivity index (χ1n) is 6.78. The van der Waals surface area contributed by atoms with Crippen LogP contribution in [0.5, 0.6) is 0 Å². The Morgan fingerprint density at radius 1 is 1.18 bits per heavy atom. The third kappa shape index (κ3) is 4.08. The maximum absolute atomic E-state index is 11.6. The van der Waals surface area contributed by atoms with Crippen molar-refractivity contribution in [1.29, 1.82) is 0 Å². The molecule has 2 N–H and O–H groups in total. The first-order valence-corrected chi connectivity index (χ1v) is 7.77. The number of hydrogen-bond acceptors (Lipinski definition) is 5. The molecule has 0 saturated heterocycles. The van der Waals surface area contributed by atoms with E-state index in [0.29, 0.717) is 11.7 Å². The minimum Gasteiger partial charge on any atom is -0.302 e. The highest BCUT2D eigenvalue weighted by molar-refractivity contribution is 7.99. The molecule has 0 bridgehead atoms. The van der Waals surface area contributed by atoms with E-state index in [1.165, 1.54) is 18.7 Å². The first-order chi connectivity index (χ1) is 10.6. The quantitative estimate of drug-likeness (QED) is 0.639. The van der Waals surface area contributed by atoms with Crippen LogP contribution in [0, 0.1) is 0 Å². The summed E-state index contributed by atoms with van der Waals surface area (Å²) in [6.07, 6.45) is 0. The van der Waals surface area contributed by atoms with Crippen molar-refractivity contribution < 1.29 is 9.59 Å². The Labute approximate surface area is 132 Å². The predicted molar refractivity (Wildman–Crippen MR) is 83.8 cm³/mol. The summed E-state index contributed by atoms with van der Waals surface area (Å²) in [5.41, 5.74) is 5.54. The van der Waals surface area contributed by atoms with Gasteiger partial charge in [-0.05, 0) is 6.92 Å². The summed E-state index contributed by atoms with van der Waals surface area (Å²) in [4.78, 5) is 22.3. The molecule has 2 aromatic rings. The second-order valence-electron chi connectivity index (χ2n) is 4.43. The van der Waals surface area contributed by atoms with E-state index in [-0.39, 0.29) is 17.6 Å². The third-order valence-corrected chi connectivity index (χ3v) is 3.74. The van der Waals surface area contributed by atoms with Crippen LogP contribution in [0.3, 0.4) is 0 Å². The first kappa shape index (κ1) is 16.0. The second kappa shape index (κ2) is 7.60. The molecule has 1 heterocycles. The minimum absolute atomic E-state index is 0.146. The van der Waals surface area contributed by atoms with Gasteiger partial charge in [0.05, 0.1) is 5.75 Å². The highest BCUT2D eigenvalue weighted by Crippen LogP contribution is 2.23. The monoisotopic (exact) mass is 319 g/mol. The van der Waals surface area contributed by atoms with Crippen molar-refractivity contribution >= 4 is 23.6 Å². The van der Waals surface area contributed by atoms with Crippen molar-refractivity contribution in [2.24, 2.45) is 0 Å². The van der Waals surface area contributed by atoms with Gasteiger partial charge in [-0.1, -0.05) is 42.1 Å². The van der Waals surface area contributed by atoms with Crippen LogP contribution in [0.15, 0.2) is 35.5 Å². The number of thioether (sulfide) groups is 1. The molecule has 2 amide bonds. The van der Waals surface area contributed by atoms with E-state index >= 15 is 0 Å². The second-order valence-corrected chi connectivity index (χ2v) is 5.38. The van der Waals surface area contributed by atoms with Gasteiger partial charge < -0.3 is 4.57 Å². The van der Waals surface area contributed by atoms with E-state index in [9.17, 15) is 9.59 Å². The average Bonchev–Trinajstić information content (AvgIpc) is 2.94. The Hall–Kier alpha value is -2.35. The van der Waals surface area contributed by atoms with Crippen molar-refractivity contribution in [2.75, 3.05) is 5.75 Å². The van der Waals surface area contributed by atoms with E-state index in [0.717, 1.165) is 11.4 Å². The van der Waals surface area contributed by atoms with Crippen molar-refractivity contribution in [3.8, 4) is 11.4 Å². The van der Waals surface area contributed by atoms with Crippen LogP contribution in [0.25, 0.3) is 11.4 Å². The fraction of sp³-hybridized carbons (Fsp3) is 0.286. The van der Waals surface area contributed by atoms with E-state index in [2.05, 4.69) is 21.0 Å². The van der Waals surface area contributed by atoms with Gasteiger partial charge in [0.15, 0.2) is 11.0 Å². The van der Waals surface area contributed by atoms with Crippen molar-refractivity contribution in [3.63, 3.8) is 0 Å². The molecule has 0 fully saturated rings. The Kier molecular flexibility index (Phi) is 5.54. The van der Waals surface area contributed by atoms with Crippen LogP contribution in [0.1, 0.15) is 13.8 Å². The van der Waals surface area contributed by atoms with Gasteiger partial charge in [-0.15, -0.1) is 10.2 Å². The average molecular weight is 319 g/mol. The Balaban J connectivity index is 2.05. The number of aromatic nitrogens is 3. The zero-order valence-electron chi connectivity index (χ0n) is 12.4. The van der Waals surface area contributed by atoms with Gasteiger partial charge in [0.2, 0.25) is 11.8 Å². The summed E-state index contributed by atoms with van der Waals surface area (Å²) in [6.45, 7) is 4.03. The van der Waals surface area contributed by atoms with Crippen molar-refractivity contribution in [2.45, 2.75) is 25.5 Å². The maximum Gasteiger partial charge on any atom is 0.248 e. The molecule has 8 heteroatoms. The molecule has 0 aliphatic rings. The lowest BCUT2D eigenvalue weighted by Crippen LogP contribution is -2.41. The molecule has 22 heavy (non-hydrogen) atoms. The highest BCUT2D eigenvalue weighted by Gasteiger charge is 2.14. The van der Waals surface area contributed by atoms with E-state index < -0.39 is 0 Å². The molecule has 0 atom stereocenters. The smallest absolute Gasteiger partial charge is 0.248 e. The number of nitrogens with zero attached hydrogens (tertiary/aromatic N) is 3. The number of carbonyl (C=O) groups is 2. The SMILES string of the molecule is CCn1c(SCC(=O)NNC(C)=O)nnc1-c1ccccc1. The van der Waals surface area contributed by atoms with Crippen LogP contribution < -0.4 is 10.9 Å². The molecule has 0 aliphatic heterocycles. The van der Waals surface area contributed by atoms with Crippen LogP contribution in [-0.4, -0.2) is 32.3 Å². The number of benzene rings is 1. The molecule has 2 rings (SSSR count). The van der Waals surface area contributed by atoms with E-state index in [1.54, 1.807) is 0 Å². The molecule has 0 radical (unpaired) electrons. The molecular formula is C14H17N5O2S. The lowest BCUT2D eigenvalue weighted by Gasteiger charge is -2.07. The van der Waals surface area contributed by atoms with Gasteiger partial charge in [0, 0.05) is 19.0 Å². The molecule has 7 nitrogen and oxygen atoms in total. The zero-order valence-corrected chi connectivity index (χ0v) is 13.2. The molecule has 0 aliphatic carbocycles. The summed E-state index contributed by atoms with van der Waals surface area (Å²) in [6, 6.07) is 9.76. The number of carbonyl (C=O) groups excluding carboxylic acids is 2. The van der Waals surface area contributed by atoms with Crippen LogP contribution in [0.4, 0.5) is 0 Å². The third-order valence-electron chi connectivity index (χ3n) is 2.78. The largest absolute Gasteiger partial charge is 0.302 e. The molecule has 1 aromatic heterocycles. The Morgan fingerprint density at radius 2 is 1.91 bits per heavy atom. The number of hydrogen-bond donors (Lipinski definition) is 2. The van der Waals surface area contributed by atoms with Gasteiger partial charge in [-0.25, -0.2) is 0 Å². The van der Waals surface area contributed by atoms with E-state index in [4.69, 9.17) is 0 Å².